The third-order valence-corrected chi connectivity index (χ3v) is 5.92. The normalized spacial score (nSPS) is 12.1. The summed E-state index contributed by atoms with van der Waals surface area (Å²) in [6.45, 7) is 0. The van der Waals surface area contributed by atoms with Crippen molar-refractivity contribution in [2.45, 2.75) is 0 Å². The third kappa shape index (κ3) is 2.72. The summed E-state index contributed by atoms with van der Waals surface area (Å²) >= 11 is 0. The summed E-state index contributed by atoms with van der Waals surface area (Å²) in [7, 11) is 2.08. The summed E-state index contributed by atoms with van der Waals surface area (Å²) in [6, 6.07) is 17.1. The van der Waals surface area contributed by atoms with Crippen LogP contribution in [-0.2, 0) is 0 Å². The molecule has 0 aromatic heterocycles. The number of carboxylic acid groups (broad SMARTS) is 1. The predicted octanol–water partition coefficient (Wildman–Crippen LogP) is 2.61. The molecule has 2 unspecified atom stereocenters. The van der Waals surface area contributed by atoms with Gasteiger partial charge in [-0.05, 0) is 24.3 Å². The van der Waals surface area contributed by atoms with Gasteiger partial charge in [0.15, 0.2) is 0 Å². The summed E-state index contributed by atoms with van der Waals surface area (Å²) < 4.78 is 0. The smallest absolute Gasteiger partial charge is 0.336 e. The minimum absolute atomic E-state index is 0.387. The molecule has 0 amide bonds. The van der Waals surface area contributed by atoms with Gasteiger partial charge in [-0.15, -0.1) is 8.93 Å². The standard InChI is InChI=1S/C13H12O2P2/c14-13(15)11-8-4-5-9-12(11)17(16)10-6-2-1-3-7-10/h1-9H,16H2,(H,14,15). The van der Waals surface area contributed by atoms with Crippen LogP contribution < -0.4 is 10.6 Å². The van der Waals surface area contributed by atoms with E-state index in [-0.39, 0.29) is 0 Å². The lowest BCUT2D eigenvalue weighted by Gasteiger charge is -2.14. The highest BCUT2D eigenvalue weighted by molar-refractivity contribution is 8.21. The first-order chi connectivity index (χ1) is 8.20. The van der Waals surface area contributed by atoms with Crippen molar-refractivity contribution < 1.29 is 9.90 Å². The van der Waals surface area contributed by atoms with Crippen molar-refractivity contribution >= 4 is 33.1 Å². The molecule has 2 rings (SSSR count). The van der Waals surface area contributed by atoms with Crippen molar-refractivity contribution in [1.82, 2.24) is 0 Å². The van der Waals surface area contributed by atoms with Gasteiger partial charge in [0.2, 0.25) is 0 Å². The van der Waals surface area contributed by atoms with E-state index in [2.05, 4.69) is 8.93 Å². The van der Waals surface area contributed by atoms with Gasteiger partial charge in [0.1, 0.15) is 0 Å². The maximum absolute atomic E-state index is 11.2. The molecular formula is C13H12O2P2. The molecule has 2 nitrogen and oxygen atoms in total. The molecule has 0 aliphatic rings. The Labute approximate surface area is 104 Å². The van der Waals surface area contributed by atoms with E-state index in [1.807, 2.05) is 42.5 Å². The van der Waals surface area contributed by atoms with Crippen molar-refractivity contribution in [3.63, 3.8) is 0 Å². The highest BCUT2D eigenvalue weighted by Crippen LogP contribution is 2.42. The summed E-state index contributed by atoms with van der Waals surface area (Å²) in [6.07, 6.45) is 0. The van der Waals surface area contributed by atoms with E-state index in [1.165, 1.54) is 0 Å². The van der Waals surface area contributed by atoms with Gasteiger partial charge in [0.25, 0.3) is 0 Å². The van der Waals surface area contributed by atoms with E-state index < -0.39 is 13.6 Å². The zero-order valence-electron chi connectivity index (χ0n) is 9.08. The van der Waals surface area contributed by atoms with E-state index >= 15 is 0 Å². The summed E-state index contributed by atoms with van der Waals surface area (Å²) in [4.78, 5) is 11.2. The lowest BCUT2D eigenvalue weighted by atomic mass is 10.2. The van der Waals surface area contributed by atoms with Gasteiger partial charge >= 0.3 is 5.97 Å². The summed E-state index contributed by atoms with van der Waals surface area (Å²) in [5, 5.41) is 11.2. The Kier molecular flexibility index (Phi) is 3.89. The highest BCUT2D eigenvalue weighted by atomic mass is 32.0. The first-order valence-corrected chi connectivity index (χ1v) is 8.08. The fraction of sp³-hybridized carbons (Fsp3) is 0. The van der Waals surface area contributed by atoms with Crippen LogP contribution in [0.5, 0.6) is 0 Å². The molecule has 0 saturated carbocycles. The number of rotatable bonds is 3. The molecule has 2 aromatic rings. The van der Waals surface area contributed by atoms with E-state index in [4.69, 9.17) is 5.11 Å². The molecule has 0 fully saturated rings. The van der Waals surface area contributed by atoms with E-state index in [0.717, 1.165) is 10.6 Å². The summed E-state index contributed by atoms with van der Waals surface area (Å²) in [5.74, 6) is -0.869. The van der Waals surface area contributed by atoms with Crippen LogP contribution in [0.2, 0.25) is 0 Å². The number of carbonyl (C=O) groups is 1. The molecule has 0 aliphatic carbocycles. The molecule has 86 valence electrons. The molecule has 0 spiro atoms. The molecule has 1 N–H and O–H groups in total. The van der Waals surface area contributed by atoms with Gasteiger partial charge in [0.05, 0.1) is 5.56 Å². The van der Waals surface area contributed by atoms with Crippen molar-refractivity contribution in [3.8, 4) is 0 Å². The average Bonchev–Trinajstić information content (AvgIpc) is 2.39. The zero-order valence-corrected chi connectivity index (χ0v) is 11.1. The minimum atomic E-state index is -0.869. The third-order valence-electron chi connectivity index (χ3n) is 2.43. The first-order valence-electron chi connectivity index (χ1n) is 5.12. The van der Waals surface area contributed by atoms with Crippen LogP contribution in [0, 0.1) is 0 Å². The number of aromatic carboxylic acids is 1. The Morgan fingerprint density at radius 1 is 1.00 bits per heavy atom. The molecule has 0 aliphatic heterocycles. The van der Waals surface area contributed by atoms with Gasteiger partial charge in [0, 0.05) is 0 Å². The highest BCUT2D eigenvalue weighted by Gasteiger charge is 2.15. The molecule has 17 heavy (non-hydrogen) atoms. The maximum atomic E-state index is 11.2. The van der Waals surface area contributed by atoms with Crippen molar-refractivity contribution in [1.29, 1.82) is 0 Å². The van der Waals surface area contributed by atoms with Crippen molar-refractivity contribution in [2.75, 3.05) is 0 Å². The van der Waals surface area contributed by atoms with Gasteiger partial charge < -0.3 is 5.11 Å². The van der Waals surface area contributed by atoms with E-state index in [0.29, 0.717) is 5.56 Å². The van der Waals surface area contributed by atoms with Crippen LogP contribution >= 0.6 is 16.5 Å². The van der Waals surface area contributed by atoms with Crippen LogP contribution in [0.4, 0.5) is 0 Å². The van der Waals surface area contributed by atoms with E-state index in [9.17, 15) is 4.79 Å². The number of hydrogen-bond acceptors (Lipinski definition) is 1. The molecule has 0 radical (unpaired) electrons. The lowest BCUT2D eigenvalue weighted by molar-refractivity contribution is 0.0698. The maximum Gasteiger partial charge on any atom is 0.336 e. The second-order valence-corrected chi connectivity index (χ2v) is 6.82. The molecular weight excluding hydrogens is 250 g/mol. The second kappa shape index (κ2) is 5.40. The van der Waals surface area contributed by atoms with E-state index in [1.54, 1.807) is 12.1 Å². The van der Waals surface area contributed by atoms with Gasteiger partial charge in [-0.3, -0.25) is 0 Å². The van der Waals surface area contributed by atoms with Gasteiger partial charge in [-0.25, -0.2) is 4.79 Å². The van der Waals surface area contributed by atoms with Crippen LogP contribution in [0.3, 0.4) is 0 Å². The van der Waals surface area contributed by atoms with Gasteiger partial charge in [-0.1, -0.05) is 48.5 Å². The van der Waals surface area contributed by atoms with Crippen molar-refractivity contribution in [2.24, 2.45) is 0 Å². The van der Waals surface area contributed by atoms with Crippen molar-refractivity contribution in [3.05, 3.63) is 60.2 Å². The SMILES string of the molecule is O=C(O)c1ccccc1P(P)c1ccccc1. The average molecular weight is 262 g/mol. The topological polar surface area (TPSA) is 37.3 Å². The minimum Gasteiger partial charge on any atom is -0.478 e. The summed E-state index contributed by atoms with van der Waals surface area (Å²) in [5.41, 5.74) is 0.387. The largest absolute Gasteiger partial charge is 0.478 e. The molecule has 2 aromatic carbocycles. The van der Waals surface area contributed by atoms with Gasteiger partial charge in [-0.2, -0.15) is 0 Å². The number of benzene rings is 2. The quantitative estimate of drug-likeness (QED) is 0.863. The lowest BCUT2D eigenvalue weighted by Crippen LogP contribution is -2.16. The monoisotopic (exact) mass is 262 g/mol. The van der Waals surface area contributed by atoms with Crippen LogP contribution in [0.25, 0.3) is 0 Å². The molecule has 0 heterocycles. The molecule has 0 bridgehead atoms. The Hall–Kier alpha value is -1.23. The Balaban J connectivity index is 2.44. The number of hydrogen-bond donors (Lipinski definition) is 1. The van der Waals surface area contributed by atoms with Crippen LogP contribution in [0.1, 0.15) is 10.4 Å². The zero-order chi connectivity index (χ0) is 12.3. The molecule has 4 heteroatoms. The fourth-order valence-corrected chi connectivity index (χ4v) is 4.23. The van der Waals surface area contributed by atoms with Crippen LogP contribution in [0.15, 0.2) is 54.6 Å². The fourth-order valence-electron chi connectivity index (χ4n) is 1.59. The molecule has 2 atom stereocenters. The predicted molar refractivity (Wildman–Crippen MR) is 75.7 cm³/mol. The Morgan fingerprint density at radius 2 is 1.59 bits per heavy atom. The Morgan fingerprint density at radius 3 is 2.24 bits per heavy atom. The number of carboxylic acids is 1. The first kappa shape index (κ1) is 12.2. The second-order valence-electron chi connectivity index (χ2n) is 3.53. The van der Waals surface area contributed by atoms with Crippen LogP contribution in [-0.4, -0.2) is 11.1 Å². The molecule has 0 saturated heterocycles. The Bertz CT molecular complexity index is 526.